The zero-order chi connectivity index (χ0) is 23.4. The molecule has 5 heteroatoms. The monoisotopic (exact) mass is 465 g/mol. The first kappa shape index (κ1) is 20.4. The first-order chi connectivity index (χ1) is 17.2. The molecule has 1 spiro atoms. The lowest BCUT2D eigenvalue weighted by molar-refractivity contribution is 0.171. The topological polar surface area (TPSA) is 30.9 Å². The van der Waals surface area contributed by atoms with Crippen molar-refractivity contribution in [2.75, 3.05) is 31.3 Å². The number of benzene rings is 4. The maximum absolute atomic E-state index is 15.7. The molecular formula is C30H24FNO3. The summed E-state index contributed by atoms with van der Waals surface area (Å²) >= 11 is 0. The highest BCUT2D eigenvalue weighted by Crippen LogP contribution is 2.56. The molecule has 3 heterocycles. The van der Waals surface area contributed by atoms with Crippen molar-refractivity contribution in [1.82, 2.24) is 0 Å². The smallest absolute Gasteiger partial charge is 0.165 e. The van der Waals surface area contributed by atoms with Gasteiger partial charge in [0.2, 0.25) is 0 Å². The number of rotatable bonds is 3. The average Bonchev–Trinajstić information content (AvgIpc) is 3.43. The summed E-state index contributed by atoms with van der Waals surface area (Å²) in [6, 6.07) is 30.0. The summed E-state index contributed by atoms with van der Waals surface area (Å²) in [4.78, 5) is 2.33. The fraction of sp³-hybridized carbons (Fsp3) is 0.200. The maximum Gasteiger partial charge on any atom is 0.165 e. The molecule has 0 aromatic heterocycles. The van der Waals surface area contributed by atoms with E-state index in [0.29, 0.717) is 43.4 Å². The van der Waals surface area contributed by atoms with Gasteiger partial charge in [0.15, 0.2) is 11.5 Å². The average molecular weight is 466 g/mol. The molecule has 4 aromatic carbocycles. The van der Waals surface area contributed by atoms with Gasteiger partial charge in [-0.15, -0.1) is 0 Å². The zero-order valence-corrected chi connectivity index (χ0v) is 19.1. The van der Waals surface area contributed by atoms with Crippen molar-refractivity contribution >= 4 is 5.69 Å². The van der Waals surface area contributed by atoms with Crippen LogP contribution < -0.4 is 19.1 Å². The zero-order valence-electron chi connectivity index (χ0n) is 19.1. The highest BCUT2D eigenvalue weighted by atomic mass is 19.1. The van der Waals surface area contributed by atoms with E-state index < -0.39 is 5.41 Å². The van der Waals surface area contributed by atoms with Gasteiger partial charge >= 0.3 is 0 Å². The molecule has 4 nitrogen and oxygen atoms in total. The minimum Gasteiger partial charge on any atom is -0.492 e. The molecule has 1 unspecified atom stereocenters. The van der Waals surface area contributed by atoms with Gasteiger partial charge in [0, 0.05) is 29.4 Å². The van der Waals surface area contributed by atoms with Crippen LogP contribution in [0.25, 0.3) is 0 Å². The first-order valence-electron chi connectivity index (χ1n) is 12.0. The standard InChI is InChI=1S/C30H24FNO3/c31-23-12-7-13-24-28(23)30(19-35-25-17-27-26(16-22(25)30)33-14-15-34-27)18-32(24)29(20-8-3-1-4-9-20)21-10-5-2-6-11-21/h1-13,16-17,29H,14-15,18-19H2. The molecular weight excluding hydrogens is 441 g/mol. The van der Waals surface area contributed by atoms with Crippen molar-refractivity contribution in [2.24, 2.45) is 0 Å². The third-order valence-corrected chi connectivity index (χ3v) is 7.40. The van der Waals surface area contributed by atoms with E-state index in [4.69, 9.17) is 14.2 Å². The van der Waals surface area contributed by atoms with E-state index in [9.17, 15) is 0 Å². The highest BCUT2D eigenvalue weighted by Gasteiger charge is 2.53. The van der Waals surface area contributed by atoms with Crippen molar-refractivity contribution in [3.63, 3.8) is 0 Å². The lowest BCUT2D eigenvalue weighted by atomic mass is 9.77. The Hall–Kier alpha value is -3.99. The molecule has 0 amide bonds. The predicted molar refractivity (Wildman–Crippen MR) is 132 cm³/mol. The van der Waals surface area contributed by atoms with Crippen LogP contribution in [-0.2, 0) is 5.41 Å². The minimum absolute atomic E-state index is 0.0708. The Labute approximate surface area is 203 Å². The van der Waals surface area contributed by atoms with E-state index in [2.05, 4.69) is 53.4 Å². The van der Waals surface area contributed by atoms with E-state index in [0.717, 1.165) is 28.1 Å². The molecule has 4 aromatic rings. The fourth-order valence-corrected chi connectivity index (χ4v) is 5.91. The quantitative estimate of drug-likeness (QED) is 0.378. The van der Waals surface area contributed by atoms with E-state index in [-0.39, 0.29) is 11.9 Å². The summed E-state index contributed by atoms with van der Waals surface area (Å²) in [5.41, 5.74) is 4.21. The molecule has 0 saturated carbocycles. The molecule has 174 valence electrons. The summed E-state index contributed by atoms with van der Waals surface area (Å²) in [6.07, 6.45) is 0. The molecule has 0 fully saturated rings. The predicted octanol–water partition coefficient (Wildman–Crippen LogP) is 5.89. The molecule has 3 aliphatic heterocycles. The van der Waals surface area contributed by atoms with Gasteiger partial charge in [-0.05, 0) is 29.3 Å². The van der Waals surface area contributed by atoms with Gasteiger partial charge in [-0.2, -0.15) is 0 Å². The second-order valence-corrected chi connectivity index (χ2v) is 9.35. The molecule has 7 rings (SSSR count). The Morgan fingerprint density at radius 2 is 1.37 bits per heavy atom. The van der Waals surface area contributed by atoms with Gasteiger partial charge in [0.1, 0.15) is 31.4 Å². The number of nitrogens with zero attached hydrogens (tertiary/aromatic N) is 1. The number of hydrogen-bond donors (Lipinski definition) is 0. The van der Waals surface area contributed by atoms with Crippen LogP contribution in [0.1, 0.15) is 28.3 Å². The van der Waals surface area contributed by atoms with Gasteiger partial charge in [0.25, 0.3) is 0 Å². The molecule has 0 bridgehead atoms. The number of halogens is 1. The Morgan fingerprint density at radius 1 is 0.714 bits per heavy atom. The Balaban J connectivity index is 1.43. The Bertz CT molecular complexity index is 1370. The van der Waals surface area contributed by atoms with Crippen molar-refractivity contribution in [2.45, 2.75) is 11.5 Å². The van der Waals surface area contributed by atoms with E-state index >= 15 is 4.39 Å². The summed E-state index contributed by atoms with van der Waals surface area (Å²) in [5.74, 6) is 1.90. The highest BCUT2D eigenvalue weighted by molar-refractivity contribution is 5.72. The minimum atomic E-state index is -0.645. The van der Waals surface area contributed by atoms with Crippen LogP contribution >= 0.6 is 0 Å². The van der Waals surface area contributed by atoms with Crippen molar-refractivity contribution in [1.29, 1.82) is 0 Å². The van der Waals surface area contributed by atoms with Crippen LogP contribution in [0, 0.1) is 5.82 Å². The molecule has 1 atom stereocenters. The summed E-state index contributed by atoms with van der Waals surface area (Å²) in [7, 11) is 0. The number of fused-ring (bicyclic) bond motifs is 5. The van der Waals surface area contributed by atoms with Crippen LogP contribution in [0.15, 0.2) is 91.0 Å². The first-order valence-corrected chi connectivity index (χ1v) is 12.0. The molecule has 3 aliphatic rings. The number of anilines is 1. The van der Waals surface area contributed by atoms with E-state index in [1.165, 1.54) is 0 Å². The van der Waals surface area contributed by atoms with Crippen molar-refractivity contribution in [3.8, 4) is 17.2 Å². The van der Waals surface area contributed by atoms with Gasteiger partial charge < -0.3 is 19.1 Å². The van der Waals surface area contributed by atoms with Crippen LogP contribution in [-0.4, -0.2) is 26.4 Å². The Morgan fingerprint density at radius 3 is 2.06 bits per heavy atom. The largest absolute Gasteiger partial charge is 0.492 e. The van der Waals surface area contributed by atoms with E-state index in [1.54, 1.807) is 12.1 Å². The van der Waals surface area contributed by atoms with Gasteiger partial charge in [0.05, 0.1) is 11.5 Å². The fourth-order valence-electron chi connectivity index (χ4n) is 5.91. The van der Waals surface area contributed by atoms with Crippen molar-refractivity contribution < 1.29 is 18.6 Å². The van der Waals surface area contributed by atoms with Gasteiger partial charge in [-0.3, -0.25) is 0 Å². The second-order valence-electron chi connectivity index (χ2n) is 9.35. The SMILES string of the molecule is Fc1cccc2c1C1(COc3cc4c(cc31)OCCO4)CN2C(c1ccccc1)c1ccccc1. The number of ether oxygens (including phenoxy) is 3. The third kappa shape index (κ3) is 3.04. The lowest BCUT2D eigenvalue weighted by Gasteiger charge is -2.33. The Kier molecular flexibility index (Phi) is 4.53. The molecule has 0 saturated heterocycles. The maximum atomic E-state index is 15.7. The summed E-state index contributed by atoms with van der Waals surface area (Å²) in [6.45, 7) is 1.97. The van der Waals surface area contributed by atoms with Gasteiger partial charge in [-0.25, -0.2) is 4.39 Å². The second kappa shape index (κ2) is 7.77. The van der Waals surface area contributed by atoms with Crippen LogP contribution in [0.3, 0.4) is 0 Å². The van der Waals surface area contributed by atoms with Crippen LogP contribution in [0.2, 0.25) is 0 Å². The van der Waals surface area contributed by atoms with Crippen molar-refractivity contribution in [3.05, 3.63) is 119 Å². The summed E-state index contributed by atoms with van der Waals surface area (Å²) < 4.78 is 33.6. The molecule has 0 N–H and O–H groups in total. The number of hydrogen-bond acceptors (Lipinski definition) is 4. The van der Waals surface area contributed by atoms with Crippen LogP contribution in [0.4, 0.5) is 10.1 Å². The lowest BCUT2D eigenvalue weighted by Crippen LogP contribution is -2.38. The van der Waals surface area contributed by atoms with Gasteiger partial charge in [-0.1, -0.05) is 66.7 Å². The molecule has 35 heavy (non-hydrogen) atoms. The third-order valence-electron chi connectivity index (χ3n) is 7.40. The van der Waals surface area contributed by atoms with E-state index in [1.807, 2.05) is 30.3 Å². The summed E-state index contributed by atoms with van der Waals surface area (Å²) in [5, 5.41) is 0. The molecule has 0 radical (unpaired) electrons. The van der Waals surface area contributed by atoms with Crippen LogP contribution in [0.5, 0.6) is 17.2 Å². The normalized spacial score (nSPS) is 19.5. The molecule has 0 aliphatic carbocycles.